The molecular formula is C18H16ClN3OS. The zero-order chi connectivity index (χ0) is 16.5. The van der Waals surface area contributed by atoms with E-state index in [4.69, 9.17) is 16.6 Å². The van der Waals surface area contributed by atoms with E-state index >= 15 is 0 Å². The van der Waals surface area contributed by atoms with Crippen LogP contribution in [-0.4, -0.2) is 33.9 Å². The molecule has 0 unspecified atom stereocenters. The van der Waals surface area contributed by atoms with E-state index in [0.717, 1.165) is 31.4 Å². The fourth-order valence-electron chi connectivity index (χ4n) is 3.11. The number of fused-ring (bicyclic) bond motifs is 1. The highest BCUT2D eigenvalue weighted by molar-refractivity contribution is 7.18. The minimum Gasteiger partial charge on any atom is -0.339 e. The quantitative estimate of drug-likeness (QED) is 0.640. The predicted molar refractivity (Wildman–Crippen MR) is 96.7 cm³/mol. The van der Waals surface area contributed by atoms with Gasteiger partial charge in [0.15, 0.2) is 0 Å². The molecule has 6 heteroatoms. The number of hydrogen-bond donors (Lipinski definition) is 0. The number of likely N-dealkylation sites (tertiary alicyclic amines) is 1. The summed E-state index contributed by atoms with van der Waals surface area (Å²) in [5.74, 6) is 0.395. The Morgan fingerprint density at radius 1 is 1.17 bits per heavy atom. The van der Waals surface area contributed by atoms with E-state index in [1.807, 2.05) is 17.0 Å². The van der Waals surface area contributed by atoms with E-state index in [2.05, 4.69) is 17.1 Å². The Kier molecular flexibility index (Phi) is 4.21. The first-order chi connectivity index (χ1) is 11.7. The first-order valence-electron chi connectivity index (χ1n) is 7.97. The molecule has 0 radical (unpaired) electrons. The minimum atomic E-state index is -0.0316. The van der Waals surface area contributed by atoms with Crippen LogP contribution in [0.25, 0.3) is 10.2 Å². The van der Waals surface area contributed by atoms with E-state index in [1.165, 1.54) is 9.71 Å². The maximum absolute atomic E-state index is 12.6. The van der Waals surface area contributed by atoms with Gasteiger partial charge in [-0.15, -0.1) is 11.3 Å². The third kappa shape index (κ3) is 2.89. The summed E-state index contributed by atoms with van der Waals surface area (Å²) in [6.45, 7) is 1.45. The summed E-state index contributed by atoms with van der Waals surface area (Å²) in [6, 6.07) is 11.7. The molecule has 4 rings (SSSR count). The molecule has 0 bridgehead atoms. The molecule has 0 aliphatic carbocycles. The molecule has 0 saturated carbocycles. The van der Waals surface area contributed by atoms with Gasteiger partial charge in [-0.2, -0.15) is 0 Å². The Balaban J connectivity index is 1.47. The summed E-state index contributed by atoms with van der Waals surface area (Å²) in [6.07, 6.45) is 3.46. The van der Waals surface area contributed by atoms with Crippen molar-refractivity contribution in [3.63, 3.8) is 0 Å². The topological polar surface area (TPSA) is 46.1 Å². The number of nitrogens with zero attached hydrogens (tertiary/aromatic N) is 3. The van der Waals surface area contributed by atoms with Gasteiger partial charge in [0.05, 0.1) is 20.8 Å². The molecule has 4 nitrogen and oxygen atoms in total. The van der Waals surface area contributed by atoms with Crippen LogP contribution in [0.4, 0.5) is 0 Å². The van der Waals surface area contributed by atoms with Gasteiger partial charge in [-0.05, 0) is 37.1 Å². The molecule has 1 aliphatic rings. The Labute approximate surface area is 149 Å². The van der Waals surface area contributed by atoms with Crippen molar-refractivity contribution >= 4 is 39.1 Å². The maximum atomic E-state index is 12.6. The van der Waals surface area contributed by atoms with Crippen molar-refractivity contribution in [3.05, 3.63) is 58.3 Å². The van der Waals surface area contributed by atoms with E-state index in [0.29, 0.717) is 11.5 Å². The van der Waals surface area contributed by atoms with Crippen molar-refractivity contribution in [3.8, 4) is 0 Å². The second-order valence-electron chi connectivity index (χ2n) is 5.93. The highest BCUT2D eigenvalue weighted by Crippen LogP contribution is 2.34. The molecule has 1 amide bonds. The van der Waals surface area contributed by atoms with Crippen LogP contribution in [0.5, 0.6) is 0 Å². The van der Waals surface area contributed by atoms with Crippen LogP contribution >= 0.6 is 22.9 Å². The normalized spacial score (nSPS) is 15.8. The third-order valence-electron chi connectivity index (χ3n) is 4.43. The third-order valence-corrected chi connectivity index (χ3v) is 5.93. The number of halogens is 1. The standard InChI is InChI=1S/C18H16ClN3OS/c19-16-13(4-3-9-20-16)18(23)22-10-7-12(8-11-22)17-21-14-5-1-2-6-15(14)24-17/h1-6,9,12H,7-8,10-11H2. The lowest BCUT2D eigenvalue weighted by atomic mass is 9.97. The van der Waals surface area contributed by atoms with Crippen molar-refractivity contribution in [2.45, 2.75) is 18.8 Å². The number of carbonyl (C=O) groups is 1. The monoisotopic (exact) mass is 357 g/mol. The molecule has 1 saturated heterocycles. The van der Waals surface area contributed by atoms with Crippen LogP contribution in [0.1, 0.15) is 34.1 Å². The van der Waals surface area contributed by atoms with Crippen LogP contribution in [0.3, 0.4) is 0 Å². The van der Waals surface area contributed by atoms with Crippen molar-refractivity contribution in [2.75, 3.05) is 13.1 Å². The van der Waals surface area contributed by atoms with Crippen LogP contribution in [-0.2, 0) is 0 Å². The average Bonchev–Trinajstić information content (AvgIpc) is 3.06. The number of aromatic nitrogens is 2. The van der Waals surface area contributed by atoms with Gasteiger partial charge in [-0.1, -0.05) is 23.7 Å². The number of rotatable bonds is 2. The van der Waals surface area contributed by atoms with Crippen LogP contribution in [0.2, 0.25) is 5.15 Å². The fourth-order valence-corrected chi connectivity index (χ4v) is 4.45. The highest BCUT2D eigenvalue weighted by Gasteiger charge is 2.27. The number of piperidine rings is 1. The van der Waals surface area contributed by atoms with Crippen LogP contribution in [0.15, 0.2) is 42.6 Å². The number of thiazole rings is 1. The Bertz CT molecular complexity index is 854. The van der Waals surface area contributed by atoms with Gasteiger partial charge in [-0.25, -0.2) is 9.97 Å². The molecule has 0 atom stereocenters. The molecule has 0 spiro atoms. The van der Waals surface area contributed by atoms with Gasteiger partial charge in [0.2, 0.25) is 0 Å². The largest absolute Gasteiger partial charge is 0.339 e. The fraction of sp³-hybridized carbons (Fsp3) is 0.278. The molecule has 2 aromatic heterocycles. The summed E-state index contributed by atoms with van der Waals surface area (Å²) in [5, 5.41) is 1.46. The summed E-state index contributed by atoms with van der Waals surface area (Å²) < 4.78 is 1.23. The lowest BCUT2D eigenvalue weighted by molar-refractivity contribution is 0.0712. The van der Waals surface area contributed by atoms with Crippen molar-refractivity contribution in [2.24, 2.45) is 0 Å². The average molecular weight is 358 g/mol. The zero-order valence-electron chi connectivity index (χ0n) is 13.0. The number of carbonyl (C=O) groups excluding carboxylic acids is 1. The van der Waals surface area contributed by atoms with Gasteiger partial charge in [0.1, 0.15) is 5.15 Å². The molecule has 24 heavy (non-hydrogen) atoms. The van der Waals surface area contributed by atoms with E-state index in [-0.39, 0.29) is 11.1 Å². The SMILES string of the molecule is O=C(c1cccnc1Cl)N1CCC(c2nc3ccccc3s2)CC1. The summed E-state index contributed by atoms with van der Waals surface area (Å²) in [7, 11) is 0. The smallest absolute Gasteiger partial charge is 0.256 e. The number of para-hydroxylation sites is 1. The predicted octanol–water partition coefficient (Wildman–Crippen LogP) is 4.36. The number of benzene rings is 1. The summed E-state index contributed by atoms with van der Waals surface area (Å²) in [5.41, 5.74) is 1.55. The highest BCUT2D eigenvalue weighted by atomic mass is 35.5. The van der Waals surface area contributed by atoms with Crippen molar-refractivity contribution in [1.29, 1.82) is 0 Å². The molecule has 3 heterocycles. The van der Waals surface area contributed by atoms with E-state index < -0.39 is 0 Å². The summed E-state index contributed by atoms with van der Waals surface area (Å²) >= 11 is 7.81. The van der Waals surface area contributed by atoms with Crippen LogP contribution in [0, 0.1) is 0 Å². The molecule has 122 valence electrons. The van der Waals surface area contributed by atoms with Gasteiger partial charge in [0.25, 0.3) is 5.91 Å². The molecule has 1 aliphatic heterocycles. The molecule has 0 N–H and O–H groups in total. The number of hydrogen-bond acceptors (Lipinski definition) is 4. The van der Waals surface area contributed by atoms with Crippen molar-refractivity contribution < 1.29 is 4.79 Å². The van der Waals surface area contributed by atoms with Crippen LogP contribution < -0.4 is 0 Å². The number of amides is 1. The minimum absolute atomic E-state index is 0.0316. The Morgan fingerprint density at radius 2 is 1.96 bits per heavy atom. The van der Waals surface area contributed by atoms with Gasteiger partial charge < -0.3 is 4.90 Å². The lowest BCUT2D eigenvalue weighted by Crippen LogP contribution is -2.38. The first kappa shape index (κ1) is 15.5. The van der Waals surface area contributed by atoms with Gasteiger partial charge in [-0.3, -0.25) is 4.79 Å². The van der Waals surface area contributed by atoms with E-state index in [1.54, 1.807) is 29.7 Å². The maximum Gasteiger partial charge on any atom is 0.256 e. The number of pyridine rings is 1. The molecule has 1 fully saturated rings. The molecule has 3 aromatic rings. The molecule has 1 aromatic carbocycles. The Morgan fingerprint density at radius 3 is 2.71 bits per heavy atom. The second kappa shape index (κ2) is 6.49. The van der Waals surface area contributed by atoms with Gasteiger partial charge >= 0.3 is 0 Å². The second-order valence-corrected chi connectivity index (χ2v) is 7.35. The Hall–Kier alpha value is -1.98. The lowest BCUT2D eigenvalue weighted by Gasteiger charge is -2.31. The first-order valence-corrected chi connectivity index (χ1v) is 9.17. The van der Waals surface area contributed by atoms with Gasteiger partial charge in [0, 0.05) is 25.2 Å². The van der Waals surface area contributed by atoms with Crippen molar-refractivity contribution in [1.82, 2.24) is 14.9 Å². The van der Waals surface area contributed by atoms with E-state index in [9.17, 15) is 4.79 Å². The zero-order valence-corrected chi connectivity index (χ0v) is 14.6. The summed E-state index contributed by atoms with van der Waals surface area (Å²) in [4.78, 5) is 23.2. The molecular weight excluding hydrogens is 342 g/mol.